The summed E-state index contributed by atoms with van der Waals surface area (Å²) in [6.07, 6.45) is 3.38. The molecule has 2 N–H and O–H groups in total. The molecule has 0 aromatic carbocycles. The predicted molar refractivity (Wildman–Crippen MR) is 71.8 cm³/mol. The fourth-order valence-electron chi connectivity index (χ4n) is 1.45. The molecule has 0 saturated carbocycles. The van der Waals surface area contributed by atoms with Gasteiger partial charge in [0.05, 0.1) is 0 Å². The van der Waals surface area contributed by atoms with Gasteiger partial charge in [-0.1, -0.05) is 34.6 Å². The molecule has 0 aromatic rings. The summed E-state index contributed by atoms with van der Waals surface area (Å²) in [5, 5.41) is 12.0. The Hall–Kier alpha value is -0.570. The number of hydrogen-bond acceptors (Lipinski definition) is 2. The van der Waals surface area contributed by atoms with E-state index in [-0.39, 0.29) is 23.3 Å². The number of amides is 1. The Labute approximate surface area is 106 Å². The van der Waals surface area contributed by atoms with Crippen LogP contribution in [0.3, 0.4) is 0 Å². The molecule has 0 unspecified atom stereocenters. The van der Waals surface area contributed by atoms with Gasteiger partial charge in [0.15, 0.2) is 0 Å². The third-order valence-electron chi connectivity index (χ3n) is 2.88. The first-order valence-corrected chi connectivity index (χ1v) is 6.54. The van der Waals surface area contributed by atoms with E-state index >= 15 is 0 Å². The zero-order valence-corrected chi connectivity index (χ0v) is 12.1. The summed E-state index contributed by atoms with van der Waals surface area (Å²) < 4.78 is 0. The molecule has 0 spiro atoms. The molecule has 1 amide bonds. The minimum atomic E-state index is -0.0316. The lowest BCUT2D eigenvalue weighted by atomic mass is 9.89. The van der Waals surface area contributed by atoms with Crippen molar-refractivity contribution in [3.8, 4) is 0 Å². The molecule has 0 bridgehead atoms. The summed E-state index contributed by atoms with van der Waals surface area (Å²) in [6, 6.07) is 0. The molecule has 17 heavy (non-hydrogen) atoms. The zero-order valence-electron chi connectivity index (χ0n) is 12.1. The highest BCUT2D eigenvalue weighted by Gasteiger charge is 2.16. The Balaban J connectivity index is 3.59. The van der Waals surface area contributed by atoms with E-state index in [1.165, 1.54) is 0 Å². The monoisotopic (exact) mass is 243 g/mol. The first-order valence-electron chi connectivity index (χ1n) is 6.54. The molecule has 0 aromatic heterocycles. The van der Waals surface area contributed by atoms with Crippen LogP contribution in [0.15, 0.2) is 0 Å². The third kappa shape index (κ3) is 10.3. The molecule has 0 radical (unpaired) electrons. The van der Waals surface area contributed by atoms with E-state index < -0.39 is 0 Å². The molecule has 0 aliphatic carbocycles. The molecule has 0 heterocycles. The van der Waals surface area contributed by atoms with Crippen molar-refractivity contribution < 1.29 is 9.90 Å². The molecule has 0 saturated heterocycles. The van der Waals surface area contributed by atoms with E-state index in [9.17, 15) is 4.79 Å². The maximum absolute atomic E-state index is 11.5. The second-order valence-corrected chi connectivity index (χ2v) is 6.84. The van der Waals surface area contributed by atoms with Crippen LogP contribution in [-0.2, 0) is 4.79 Å². The van der Waals surface area contributed by atoms with Gasteiger partial charge >= 0.3 is 0 Å². The Kier molecular flexibility index (Phi) is 6.76. The van der Waals surface area contributed by atoms with Crippen LogP contribution < -0.4 is 5.32 Å². The van der Waals surface area contributed by atoms with E-state index in [2.05, 4.69) is 26.1 Å². The molecular formula is C14H29NO2. The van der Waals surface area contributed by atoms with Crippen LogP contribution in [0, 0.1) is 10.8 Å². The van der Waals surface area contributed by atoms with Crippen molar-refractivity contribution in [1.29, 1.82) is 0 Å². The van der Waals surface area contributed by atoms with Crippen LogP contribution in [0.1, 0.15) is 60.3 Å². The van der Waals surface area contributed by atoms with Gasteiger partial charge in [0.1, 0.15) is 0 Å². The molecule has 0 aliphatic heterocycles. The van der Waals surface area contributed by atoms with E-state index in [4.69, 9.17) is 5.11 Å². The zero-order chi connectivity index (χ0) is 13.5. The average molecular weight is 243 g/mol. The topological polar surface area (TPSA) is 49.3 Å². The van der Waals surface area contributed by atoms with Gasteiger partial charge in [0.25, 0.3) is 0 Å². The van der Waals surface area contributed by atoms with Crippen molar-refractivity contribution in [2.24, 2.45) is 10.8 Å². The van der Waals surface area contributed by atoms with Crippen LogP contribution in [0.25, 0.3) is 0 Å². The Morgan fingerprint density at radius 1 is 1.12 bits per heavy atom. The summed E-state index contributed by atoms with van der Waals surface area (Å²) in [7, 11) is 0. The minimum absolute atomic E-state index is 0.0316. The standard InChI is InChI=1S/C14H29NO2/c1-13(2,3)9-7-12(17)15-10-6-8-14(4,5)11-16/h16H,6-11H2,1-5H3,(H,15,17). The Morgan fingerprint density at radius 3 is 2.18 bits per heavy atom. The summed E-state index contributed by atoms with van der Waals surface area (Å²) in [4.78, 5) is 11.5. The number of aliphatic hydroxyl groups excluding tert-OH is 1. The van der Waals surface area contributed by atoms with E-state index in [0.29, 0.717) is 13.0 Å². The van der Waals surface area contributed by atoms with Crippen molar-refractivity contribution in [2.75, 3.05) is 13.2 Å². The second-order valence-electron chi connectivity index (χ2n) is 6.84. The maximum Gasteiger partial charge on any atom is 0.220 e. The maximum atomic E-state index is 11.5. The van der Waals surface area contributed by atoms with Gasteiger partial charge in [-0.3, -0.25) is 4.79 Å². The number of carbonyl (C=O) groups is 1. The smallest absolute Gasteiger partial charge is 0.220 e. The normalized spacial score (nSPS) is 12.6. The molecule has 0 fully saturated rings. The summed E-state index contributed by atoms with van der Waals surface area (Å²) in [6.45, 7) is 11.4. The molecule has 3 heteroatoms. The van der Waals surface area contributed by atoms with E-state index in [1.54, 1.807) is 0 Å². The lowest BCUT2D eigenvalue weighted by Gasteiger charge is -2.21. The first kappa shape index (κ1) is 16.4. The predicted octanol–water partition coefficient (Wildman–Crippen LogP) is 2.73. The molecule has 0 aliphatic rings. The number of carbonyl (C=O) groups excluding carboxylic acids is 1. The van der Waals surface area contributed by atoms with Gasteiger partial charge < -0.3 is 10.4 Å². The van der Waals surface area contributed by atoms with Crippen molar-refractivity contribution in [3.63, 3.8) is 0 Å². The molecule has 3 nitrogen and oxygen atoms in total. The summed E-state index contributed by atoms with van der Waals surface area (Å²) >= 11 is 0. The number of nitrogens with one attached hydrogen (secondary N) is 1. The van der Waals surface area contributed by atoms with Crippen molar-refractivity contribution in [2.45, 2.75) is 60.3 Å². The van der Waals surface area contributed by atoms with Gasteiger partial charge in [-0.05, 0) is 30.1 Å². The molecule has 0 atom stereocenters. The largest absolute Gasteiger partial charge is 0.396 e. The highest BCUT2D eigenvalue weighted by molar-refractivity contribution is 5.75. The van der Waals surface area contributed by atoms with Gasteiger partial charge in [-0.2, -0.15) is 0 Å². The lowest BCUT2D eigenvalue weighted by molar-refractivity contribution is -0.121. The number of aliphatic hydroxyl groups is 1. The Morgan fingerprint density at radius 2 is 1.71 bits per heavy atom. The van der Waals surface area contributed by atoms with Crippen LogP contribution >= 0.6 is 0 Å². The third-order valence-corrected chi connectivity index (χ3v) is 2.88. The highest BCUT2D eigenvalue weighted by Crippen LogP contribution is 2.21. The van der Waals surface area contributed by atoms with Crippen LogP contribution in [0.5, 0.6) is 0 Å². The fraction of sp³-hybridized carbons (Fsp3) is 0.929. The number of hydrogen-bond donors (Lipinski definition) is 2. The van der Waals surface area contributed by atoms with Gasteiger partial charge in [-0.15, -0.1) is 0 Å². The number of rotatable bonds is 7. The van der Waals surface area contributed by atoms with Crippen molar-refractivity contribution >= 4 is 5.91 Å². The summed E-state index contributed by atoms with van der Waals surface area (Å²) in [5.41, 5.74) is 0.187. The lowest BCUT2D eigenvalue weighted by Crippen LogP contribution is -2.27. The van der Waals surface area contributed by atoms with E-state index in [1.807, 2.05) is 13.8 Å². The second kappa shape index (κ2) is 7.00. The molecule has 0 rings (SSSR count). The minimum Gasteiger partial charge on any atom is -0.396 e. The Bertz CT molecular complexity index is 229. The fourth-order valence-corrected chi connectivity index (χ4v) is 1.45. The summed E-state index contributed by atoms with van der Waals surface area (Å²) in [5.74, 6) is 0.140. The first-order chi connectivity index (χ1) is 7.66. The van der Waals surface area contributed by atoms with Crippen molar-refractivity contribution in [1.82, 2.24) is 5.32 Å². The van der Waals surface area contributed by atoms with Gasteiger partial charge in [0.2, 0.25) is 5.91 Å². The van der Waals surface area contributed by atoms with Crippen LogP contribution in [0.4, 0.5) is 0 Å². The highest BCUT2D eigenvalue weighted by atomic mass is 16.3. The van der Waals surface area contributed by atoms with Gasteiger partial charge in [0, 0.05) is 19.6 Å². The SMILES string of the molecule is CC(C)(C)CCC(=O)NCCCC(C)(C)CO. The molecule has 102 valence electrons. The van der Waals surface area contributed by atoms with Crippen molar-refractivity contribution in [3.05, 3.63) is 0 Å². The van der Waals surface area contributed by atoms with Crippen LogP contribution in [0.2, 0.25) is 0 Å². The molecular weight excluding hydrogens is 214 g/mol. The van der Waals surface area contributed by atoms with Gasteiger partial charge in [-0.25, -0.2) is 0 Å². The van der Waals surface area contributed by atoms with Crippen LogP contribution in [-0.4, -0.2) is 24.2 Å². The quantitative estimate of drug-likeness (QED) is 0.675. The van der Waals surface area contributed by atoms with E-state index in [0.717, 1.165) is 19.3 Å². The average Bonchev–Trinajstić information content (AvgIpc) is 2.20.